The summed E-state index contributed by atoms with van der Waals surface area (Å²) in [6, 6.07) is 14.2. The van der Waals surface area contributed by atoms with E-state index >= 15 is 0 Å². The summed E-state index contributed by atoms with van der Waals surface area (Å²) >= 11 is 0. The number of carbonyl (C=O) groups excluding carboxylic acids is 2. The van der Waals surface area contributed by atoms with Crippen LogP contribution in [-0.4, -0.2) is 30.4 Å². The lowest BCUT2D eigenvalue weighted by Gasteiger charge is -2.25. The predicted molar refractivity (Wildman–Crippen MR) is 121 cm³/mol. The number of fused-ring (bicyclic) bond motifs is 3. The Morgan fingerprint density at radius 1 is 1.00 bits per heavy atom. The van der Waals surface area contributed by atoms with E-state index in [0.29, 0.717) is 0 Å². The summed E-state index contributed by atoms with van der Waals surface area (Å²) in [5.41, 5.74) is 5.39. The number of hydrogen-bond acceptors (Lipinski definition) is 4. The number of amides is 2. The molecule has 2 amide bonds. The third-order valence-corrected chi connectivity index (χ3v) is 5.28. The zero-order valence-electron chi connectivity index (χ0n) is 19.0. The first-order chi connectivity index (χ1) is 14.6. The molecule has 1 aliphatic rings. The average Bonchev–Trinajstić information content (AvgIpc) is 3.07. The van der Waals surface area contributed by atoms with Gasteiger partial charge in [-0.25, -0.2) is 9.59 Å². The monoisotopic (exact) mass is 424 g/mol. The van der Waals surface area contributed by atoms with Gasteiger partial charge < -0.3 is 20.1 Å². The number of alkyl carbamates (subject to hydrolysis) is 2. The fourth-order valence-corrected chi connectivity index (χ4v) is 3.66. The van der Waals surface area contributed by atoms with E-state index in [1.807, 2.05) is 58.9 Å². The maximum Gasteiger partial charge on any atom is 0.407 e. The Bertz CT molecular complexity index is 947. The average molecular weight is 425 g/mol. The second-order valence-corrected chi connectivity index (χ2v) is 9.23. The number of ether oxygens (including phenoxy) is 2. The Balaban J connectivity index is 1.53. The maximum atomic E-state index is 12.3. The maximum absolute atomic E-state index is 12.3. The molecule has 0 heterocycles. The summed E-state index contributed by atoms with van der Waals surface area (Å²) in [7, 11) is 0. The van der Waals surface area contributed by atoms with Crippen molar-refractivity contribution in [2.75, 3.05) is 6.54 Å². The van der Waals surface area contributed by atoms with Crippen molar-refractivity contribution in [2.24, 2.45) is 5.92 Å². The molecule has 1 atom stereocenters. The third kappa shape index (κ3) is 6.00. The van der Waals surface area contributed by atoms with E-state index in [-0.39, 0.29) is 25.1 Å². The first kappa shape index (κ1) is 22.7. The minimum atomic E-state index is -0.576. The van der Waals surface area contributed by atoms with Crippen LogP contribution in [-0.2, 0) is 22.5 Å². The Kier molecular flexibility index (Phi) is 6.88. The van der Waals surface area contributed by atoms with Gasteiger partial charge in [0.05, 0.1) is 6.04 Å². The highest BCUT2D eigenvalue weighted by atomic mass is 16.6. The van der Waals surface area contributed by atoms with Crippen molar-refractivity contribution in [3.05, 3.63) is 59.2 Å². The Hall–Kier alpha value is -3.02. The van der Waals surface area contributed by atoms with Crippen LogP contribution in [0.2, 0.25) is 0 Å². The van der Waals surface area contributed by atoms with E-state index in [1.54, 1.807) is 0 Å². The van der Waals surface area contributed by atoms with E-state index in [2.05, 4.69) is 28.8 Å². The van der Waals surface area contributed by atoms with Crippen molar-refractivity contribution in [3.8, 4) is 11.1 Å². The molecule has 0 radical (unpaired) electrons. The fourth-order valence-electron chi connectivity index (χ4n) is 3.66. The molecule has 6 heteroatoms. The molecule has 1 unspecified atom stereocenters. The Labute approximate surface area is 184 Å². The van der Waals surface area contributed by atoms with Crippen LogP contribution in [0.15, 0.2) is 42.5 Å². The van der Waals surface area contributed by atoms with Gasteiger partial charge in [-0.2, -0.15) is 0 Å². The van der Waals surface area contributed by atoms with Crippen molar-refractivity contribution in [1.82, 2.24) is 10.6 Å². The summed E-state index contributed by atoms with van der Waals surface area (Å²) in [6.45, 7) is 9.84. The number of rotatable bonds is 6. The van der Waals surface area contributed by atoms with E-state index < -0.39 is 17.8 Å². The molecule has 0 bridgehead atoms. The summed E-state index contributed by atoms with van der Waals surface area (Å²) in [5, 5.41) is 5.57. The van der Waals surface area contributed by atoms with Gasteiger partial charge in [0.2, 0.25) is 0 Å². The highest BCUT2D eigenvalue weighted by Gasteiger charge is 2.23. The predicted octanol–water partition coefficient (Wildman–Crippen LogP) is 5.03. The van der Waals surface area contributed by atoms with Crippen molar-refractivity contribution in [1.29, 1.82) is 0 Å². The van der Waals surface area contributed by atoms with Crippen LogP contribution in [0.1, 0.15) is 51.3 Å². The summed E-state index contributed by atoms with van der Waals surface area (Å²) < 4.78 is 10.8. The molecule has 1 aliphatic carbocycles. The smallest absolute Gasteiger partial charge is 0.407 e. The van der Waals surface area contributed by atoms with Gasteiger partial charge in [0.15, 0.2) is 0 Å². The van der Waals surface area contributed by atoms with E-state index in [0.717, 1.165) is 12.0 Å². The fraction of sp³-hybridized carbons (Fsp3) is 0.440. The van der Waals surface area contributed by atoms with Gasteiger partial charge in [0, 0.05) is 6.54 Å². The largest absolute Gasteiger partial charge is 0.445 e. The van der Waals surface area contributed by atoms with Gasteiger partial charge in [-0.15, -0.1) is 0 Å². The molecular formula is C25H32N2O4. The number of nitrogens with one attached hydrogen (secondary N) is 2. The van der Waals surface area contributed by atoms with Crippen LogP contribution in [0.25, 0.3) is 11.1 Å². The lowest BCUT2D eigenvalue weighted by molar-refractivity contribution is 0.0488. The molecule has 2 aromatic carbocycles. The van der Waals surface area contributed by atoms with Crippen LogP contribution < -0.4 is 10.6 Å². The second kappa shape index (κ2) is 9.41. The van der Waals surface area contributed by atoms with Crippen molar-refractivity contribution < 1.29 is 19.1 Å². The number of benzene rings is 2. The number of carbonyl (C=O) groups is 2. The highest BCUT2D eigenvalue weighted by Crippen LogP contribution is 2.38. The molecule has 0 saturated heterocycles. The first-order valence-corrected chi connectivity index (χ1v) is 10.7. The highest BCUT2D eigenvalue weighted by molar-refractivity contribution is 5.78. The minimum Gasteiger partial charge on any atom is -0.445 e. The molecule has 0 aliphatic heterocycles. The minimum absolute atomic E-state index is 0.115. The van der Waals surface area contributed by atoms with Crippen LogP contribution in [0, 0.1) is 5.92 Å². The van der Waals surface area contributed by atoms with Gasteiger partial charge in [-0.1, -0.05) is 56.3 Å². The molecule has 2 N–H and O–H groups in total. The second-order valence-electron chi connectivity index (χ2n) is 9.23. The number of hydrogen-bond donors (Lipinski definition) is 2. The Morgan fingerprint density at radius 3 is 2.42 bits per heavy atom. The molecule has 31 heavy (non-hydrogen) atoms. The molecule has 166 valence electrons. The zero-order chi connectivity index (χ0) is 22.6. The van der Waals surface area contributed by atoms with Crippen LogP contribution in [0.5, 0.6) is 0 Å². The van der Waals surface area contributed by atoms with Gasteiger partial charge in [0.1, 0.15) is 12.2 Å². The molecule has 0 saturated carbocycles. The molecular weight excluding hydrogens is 392 g/mol. The van der Waals surface area contributed by atoms with Crippen LogP contribution in [0.4, 0.5) is 9.59 Å². The van der Waals surface area contributed by atoms with Gasteiger partial charge >= 0.3 is 12.2 Å². The first-order valence-electron chi connectivity index (χ1n) is 10.7. The van der Waals surface area contributed by atoms with Crippen molar-refractivity contribution in [3.63, 3.8) is 0 Å². The molecule has 6 nitrogen and oxygen atoms in total. The van der Waals surface area contributed by atoms with Gasteiger partial charge in [-0.3, -0.25) is 0 Å². The summed E-state index contributed by atoms with van der Waals surface area (Å²) in [4.78, 5) is 24.4. The Morgan fingerprint density at radius 2 is 1.71 bits per heavy atom. The van der Waals surface area contributed by atoms with Crippen molar-refractivity contribution >= 4 is 12.2 Å². The standard InChI is InChI=1S/C25H32N2O4/c1-16(2)22(27-24(29)31-25(3,4)5)14-26-23(28)30-15-18-10-8-12-20-19-11-7-6-9-17(19)13-21(18)20/h6-12,16,22H,13-15H2,1-5H3,(H,26,28)(H,27,29). The topological polar surface area (TPSA) is 76.7 Å². The molecule has 0 spiro atoms. The van der Waals surface area contributed by atoms with Gasteiger partial charge in [0.25, 0.3) is 0 Å². The summed E-state index contributed by atoms with van der Waals surface area (Å²) in [5.74, 6) is 0.115. The van der Waals surface area contributed by atoms with E-state index in [9.17, 15) is 9.59 Å². The normalized spacial score (nSPS) is 13.2. The molecule has 0 fully saturated rings. The molecule has 0 aromatic heterocycles. The molecule has 3 rings (SSSR count). The van der Waals surface area contributed by atoms with Gasteiger partial charge in [-0.05, 0) is 60.9 Å². The van der Waals surface area contributed by atoms with E-state index in [1.165, 1.54) is 22.3 Å². The van der Waals surface area contributed by atoms with E-state index in [4.69, 9.17) is 9.47 Å². The third-order valence-electron chi connectivity index (χ3n) is 5.28. The van der Waals surface area contributed by atoms with Crippen LogP contribution in [0.3, 0.4) is 0 Å². The molecule has 2 aromatic rings. The van der Waals surface area contributed by atoms with Crippen LogP contribution >= 0.6 is 0 Å². The summed E-state index contributed by atoms with van der Waals surface area (Å²) in [6.07, 6.45) is -0.160. The lowest BCUT2D eigenvalue weighted by atomic mass is 10.0. The lowest BCUT2D eigenvalue weighted by Crippen LogP contribution is -2.48. The SMILES string of the molecule is CC(C)C(CNC(=O)OCc1cccc2c1Cc1ccccc1-2)NC(=O)OC(C)(C)C. The quantitative estimate of drug-likeness (QED) is 0.582. The van der Waals surface area contributed by atoms with Crippen molar-refractivity contribution in [2.45, 2.75) is 59.3 Å². The zero-order valence-corrected chi connectivity index (χ0v) is 19.0.